The molecule has 0 aliphatic carbocycles. The van der Waals surface area contributed by atoms with Crippen molar-refractivity contribution < 1.29 is 31.4 Å². The number of aryl methyl sites for hydroxylation is 1. The van der Waals surface area contributed by atoms with E-state index in [0.29, 0.717) is 16.9 Å². The monoisotopic (exact) mass is 560 g/mol. The molecule has 0 atom stereocenters. The Kier molecular flexibility index (Phi) is 7.98. The standard InChI is InChI=1S/C26H21F5N6O3/c1-15-12-18(37-23(8-10-33-37)39-25(27)28)6-7-21(15)36-11-9-22(38)24(35-36)20(13-16(2)32)34-17-4-3-5-19(14-17)40-26(29,30)31/h3-14,25,32,34H,1-2H3/b20-13-,32-16?. The first-order valence-corrected chi connectivity index (χ1v) is 11.5. The summed E-state index contributed by atoms with van der Waals surface area (Å²) in [6.45, 7) is 0.161. The van der Waals surface area contributed by atoms with E-state index in [-0.39, 0.29) is 28.7 Å². The molecule has 2 aromatic carbocycles. The van der Waals surface area contributed by atoms with Gasteiger partial charge in [-0.2, -0.15) is 19.0 Å². The Balaban J connectivity index is 1.69. The van der Waals surface area contributed by atoms with Crippen LogP contribution >= 0.6 is 0 Å². The average molecular weight is 560 g/mol. The number of hydrogen-bond donors (Lipinski definition) is 2. The smallest absolute Gasteiger partial charge is 0.417 e. The van der Waals surface area contributed by atoms with Crippen LogP contribution in [0.3, 0.4) is 0 Å². The molecule has 4 rings (SSSR count). The summed E-state index contributed by atoms with van der Waals surface area (Å²) in [5, 5.41) is 19.1. The fourth-order valence-corrected chi connectivity index (χ4v) is 3.73. The molecule has 0 saturated carbocycles. The van der Waals surface area contributed by atoms with Crippen LogP contribution in [0.2, 0.25) is 0 Å². The van der Waals surface area contributed by atoms with Gasteiger partial charge in [-0.3, -0.25) is 4.79 Å². The fourth-order valence-electron chi connectivity index (χ4n) is 3.73. The summed E-state index contributed by atoms with van der Waals surface area (Å²) in [6, 6.07) is 12.4. The van der Waals surface area contributed by atoms with Crippen molar-refractivity contribution in [2.75, 3.05) is 5.32 Å². The molecular weight excluding hydrogens is 539 g/mol. The number of allylic oxidation sites excluding steroid dienone is 1. The maximum Gasteiger partial charge on any atom is 0.573 e. The van der Waals surface area contributed by atoms with Crippen molar-refractivity contribution in [2.45, 2.75) is 26.8 Å². The molecule has 208 valence electrons. The molecule has 0 amide bonds. The number of aromatic nitrogens is 4. The topological polar surface area (TPSA) is 107 Å². The van der Waals surface area contributed by atoms with Crippen molar-refractivity contribution in [1.82, 2.24) is 19.6 Å². The number of benzene rings is 2. The molecule has 0 aliphatic heterocycles. The van der Waals surface area contributed by atoms with Crippen LogP contribution in [0.1, 0.15) is 18.2 Å². The first-order chi connectivity index (χ1) is 18.9. The highest BCUT2D eigenvalue weighted by Crippen LogP contribution is 2.27. The van der Waals surface area contributed by atoms with Gasteiger partial charge in [0, 0.05) is 35.8 Å². The van der Waals surface area contributed by atoms with E-state index < -0.39 is 24.2 Å². The second-order valence-electron chi connectivity index (χ2n) is 8.35. The van der Waals surface area contributed by atoms with Crippen LogP contribution in [0.15, 0.2) is 77.9 Å². The number of ether oxygens (including phenoxy) is 2. The summed E-state index contributed by atoms with van der Waals surface area (Å²) >= 11 is 0. The predicted molar refractivity (Wildman–Crippen MR) is 136 cm³/mol. The molecule has 2 heterocycles. The second-order valence-corrected chi connectivity index (χ2v) is 8.35. The zero-order valence-corrected chi connectivity index (χ0v) is 20.9. The molecule has 0 spiro atoms. The molecule has 40 heavy (non-hydrogen) atoms. The van der Waals surface area contributed by atoms with Crippen molar-refractivity contribution in [3.05, 3.63) is 94.5 Å². The summed E-state index contributed by atoms with van der Waals surface area (Å²) in [5.41, 5.74) is 1.24. The van der Waals surface area contributed by atoms with Gasteiger partial charge < -0.3 is 20.2 Å². The van der Waals surface area contributed by atoms with Crippen LogP contribution in [0.4, 0.5) is 27.6 Å². The number of hydrogen-bond acceptors (Lipinski definition) is 7. The fraction of sp³-hybridized carbons (Fsp3) is 0.154. The van der Waals surface area contributed by atoms with Gasteiger partial charge in [-0.15, -0.1) is 13.2 Å². The number of anilines is 1. The third kappa shape index (κ3) is 6.89. The molecule has 0 aliphatic rings. The van der Waals surface area contributed by atoms with Gasteiger partial charge in [0.05, 0.1) is 23.3 Å². The van der Waals surface area contributed by atoms with Crippen molar-refractivity contribution in [2.24, 2.45) is 0 Å². The Labute approximate surface area is 223 Å². The Morgan fingerprint density at radius 1 is 1.12 bits per heavy atom. The Morgan fingerprint density at radius 3 is 2.58 bits per heavy atom. The summed E-state index contributed by atoms with van der Waals surface area (Å²) in [7, 11) is 0. The quantitative estimate of drug-likeness (QED) is 0.200. The van der Waals surface area contributed by atoms with E-state index in [1.54, 1.807) is 25.1 Å². The highest BCUT2D eigenvalue weighted by molar-refractivity contribution is 5.98. The molecule has 0 saturated heterocycles. The van der Waals surface area contributed by atoms with Crippen LogP contribution in [0, 0.1) is 12.3 Å². The highest BCUT2D eigenvalue weighted by Gasteiger charge is 2.31. The molecule has 0 radical (unpaired) electrons. The van der Waals surface area contributed by atoms with Crippen LogP contribution in [0.5, 0.6) is 11.6 Å². The lowest BCUT2D eigenvalue weighted by molar-refractivity contribution is -0.274. The lowest BCUT2D eigenvalue weighted by Crippen LogP contribution is -2.19. The summed E-state index contributed by atoms with van der Waals surface area (Å²) in [4.78, 5) is 12.8. The lowest BCUT2D eigenvalue weighted by Gasteiger charge is -2.15. The van der Waals surface area contributed by atoms with Crippen molar-refractivity contribution in [3.8, 4) is 23.0 Å². The van der Waals surface area contributed by atoms with Crippen molar-refractivity contribution in [3.63, 3.8) is 0 Å². The van der Waals surface area contributed by atoms with E-state index in [1.807, 2.05) is 0 Å². The van der Waals surface area contributed by atoms with Gasteiger partial charge in [-0.05, 0) is 55.8 Å². The summed E-state index contributed by atoms with van der Waals surface area (Å²) in [5.74, 6) is -0.629. The minimum atomic E-state index is -4.89. The maximum absolute atomic E-state index is 12.8. The normalized spacial score (nSPS) is 11.9. The van der Waals surface area contributed by atoms with Gasteiger partial charge >= 0.3 is 13.0 Å². The first kappa shape index (κ1) is 28.0. The molecule has 0 unspecified atom stereocenters. The molecule has 14 heteroatoms. The van der Waals surface area contributed by atoms with Gasteiger partial charge in [-0.1, -0.05) is 6.07 Å². The minimum absolute atomic E-state index is 0.0448. The van der Waals surface area contributed by atoms with Crippen LogP contribution < -0.4 is 20.2 Å². The van der Waals surface area contributed by atoms with Crippen LogP contribution in [0.25, 0.3) is 17.1 Å². The summed E-state index contributed by atoms with van der Waals surface area (Å²) < 4.78 is 74.5. The molecule has 2 N–H and O–H groups in total. The van der Waals surface area contributed by atoms with E-state index in [1.165, 1.54) is 59.0 Å². The average Bonchev–Trinajstić information content (AvgIpc) is 3.30. The van der Waals surface area contributed by atoms with Gasteiger partial charge in [-0.25, -0.2) is 9.36 Å². The van der Waals surface area contributed by atoms with Gasteiger partial charge in [0.25, 0.3) is 0 Å². The Morgan fingerprint density at radius 2 is 1.90 bits per heavy atom. The van der Waals surface area contributed by atoms with Crippen molar-refractivity contribution in [1.29, 1.82) is 5.41 Å². The Bertz CT molecular complexity index is 1630. The number of alkyl halides is 5. The number of halogens is 5. The second kappa shape index (κ2) is 11.4. The first-order valence-electron chi connectivity index (χ1n) is 11.5. The Hall–Kier alpha value is -5.01. The molecule has 4 aromatic rings. The SMILES string of the molecule is CC(=N)/C=C(\Nc1cccc(OC(F)(F)F)c1)c1nn(-c2ccc(-n3nccc3OC(F)F)cc2C)ccc1=O. The van der Waals surface area contributed by atoms with Gasteiger partial charge in [0.15, 0.2) is 5.69 Å². The molecular formula is C26H21F5N6O3. The predicted octanol–water partition coefficient (Wildman–Crippen LogP) is 5.72. The van der Waals surface area contributed by atoms with Crippen molar-refractivity contribution >= 4 is 17.1 Å². The van der Waals surface area contributed by atoms with E-state index in [2.05, 4.69) is 25.0 Å². The number of nitrogens with zero attached hydrogens (tertiary/aromatic N) is 4. The zero-order chi connectivity index (χ0) is 29.0. The molecule has 0 fully saturated rings. The van der Waals surface area contributed by atoms with E-state index in [9.17, 15) is 26.7 Å². The van der Waals surface area contributed by atoms with Gasteiger partial charge in [0.2, 0.25) is 11.3 Å². The molecule has 9 nitrogen and oxygen atoms in total. The molecule has 2 aromatic heterocycles. The molecule has 0 bridgehead atoms. The largest absolute Gasteiger partial charge is 0.573 e. The third-order valence-corrected chi connectivity index (χ3v) is 5.26. The summed E-state index contributed by atoms with van der Waals surface area (Å²) in [6.07, 6.45) is -0.850. The van der Waals surface area contributed by atoms with Crippen LogP contribution in [-0.4, -0.2) is 38.2 Å². The van der Waals surface area contributed by atoms with E-state index in [0.717, 1.165) is 12.1 Å². The number of rotatable bonds is 9. The number of nitrogens with one attached hydrogen (secondary N) is 2. The minimum Gasteiger partial charge on any atom is -0.417 e. The maximum atomic E-state index is 12.8. The van der Waals surface area contributed by atoms with E-state index >= 15 is 0 Å². The van der Waals surface area contributed by atoms with E-state index in [4.69, 9.17) is 5.41 Å². The zero-order valence-electron chi connectivity index (χ0n) is 20.9. The van der Waals surface area contributed by atoms with Gasteiger partial charge in [0.1, 0.15) is 5.75 Å². The van der Waals surface area contributed by atoms with Crippen LogP contribution in [-0.2, 0) is 0 Å². The lowest BCUT2D eigenvalue weighted by atomic mass is 10.1. The highest BCUT2D eigenvalue weighted by atomic mass is 19.4. The third-order valence-electron chi connectivity index (χ3n) is 5.26.